The lowest BCUT2D eigenvalue weighted by Crippen LogP contribution is -2.43. The number of ether oxygens (including phenoxy) is 1. The summed E-state index contributed by atoms with van der Waals surface area (Å²) < 4.78 is 43.8. The zero-order valence-electron chi connectivity index (χ0n) is 10.6. The Kier molecular flexibility index (Phi) is 4.57. The fourth-order valence-corrected chi connectivity index (χ4v) is 1.92. The number of carbonyl (C=O) groups is 1. The highest BCUT2D eigenvalue weighted by molar-refractivity contribution is 5.91. The molecule has 1 unspecified atom stereocenters. The number of alkyl halides is 3. The van der Waals surface area contributed by atoms with Crippen LogP contribution in [0.25, 0.3) is 0 Å². The van der Waals surface area contributed by atoms with Crippen LogP contribution in [0.3, 0.4) is 0 Å². The van der Waals surface area contributed by atoms with Crippen molar-refractivity contribution < 1.29 is 27.8 Å². The van der Waals surface area contributed by atoms with Gasteiger partial charge in [-0.15, -0.1) is 0 Å². The van der Waals surface area contributed by atoms with E-state index in [9.17, 15) is 23.1 Å². The third-order valence-corrected chi connectivity index (χ3v) is 2.86. The second-order valence-electron chi connectivity index (χ2n) is 4.15. The summed E-state index contributed by atoms with van der Waals surface area (Å²) in [6.45, 7) is 1.53. The first-order valence-corrected chi connectivity index (χ1v) is 5.75. The van der Waals surface area contributed by atoms with Crippen molar-refractivity contribution >= 4 is 5.97 Å². The highest BCUT2D eigenvalue weighted by Gasteiger charge is 2.55. The van der Waals surface area contributed by atoms with E-state index in [4.69, 9.17) is 0 Å². The summed E-state index contributed by atoms with van der Waals surface area (Å²) in [7, 11) is 1.07. The Morgan fingerprint density at radius 2 is 1.89 bits per heavy atom. The Morgan fingerprint density at radius 1 is 1.32 bits per heavy atom. The molecule has 0 aliphatic rings. The van der Waals surface area contributed by atoms with Crippen LogP contribution in [0.1, 0.15) is 35.7 Å². The number of rotatable bonds is 4. The van der Waals surface area contributed by atoms with Crippen LogP contribution in [0.15, 0.2) is 24.3 Å². The van der Waals surface area contributed by atoms with E-state index >= 15 is 0 Å². The average Bonchev–Trinajstić information content (AvgIpc) is 2.36. The maximum atomic E-state index is 13.1. The van der Waals surface area contributed by atoms with Gasteiger partial charge in [-0.05, 0) is 12.5 Å². The zero-order chi connectivity index (χ0) is 14.7. The molecule has 1 aromatic rings. The van der Waals surface area contributed by atoms with E-state index in [2.05, 4.69) is 4.74 Å². The van der Waals surface area contributed by atoms with Crippen LogP contribution in [-0.4, -0.2) is 24.4 Å². The van der Waals surface area contributed by atoms with Gasteiger partial charge in [0.15, 0.2) is 5.60 Å². The van der Waals surface area contributed by atoms with Crippen LogP contribution >= 0.6 is 0 Å². The molecule has 106 valence electrons. The lowest BCUT2D eigenvalue weighted by Gasteiger charge is -2.31. The van der Waals surface area contributed by atoms with Gasteiger partial charge in [-0.2, -0.15) is 13.2 Å². The van der Waals surface area contributed by atoms with E-state index in [0.717, 1.165) is 13.2 Å². The molecule has 0 radical (unpaired) electrons. The fourth-order valence-electron chi connectivity index (χ4n) is 1.92. The topological polar surface area (TPSA) is 46.5 Å². The van der Waals surface area contributed by atoms with E-state index in [1.807, 2.05) is 0 Å². The lowest BCUT2D eigenvalue weighted by molar-refractivity contribution is -0.269. The van der Waals surface area contributed by atoms with E-state index in [0.29, 0.717) is 0 Å². The van der Waals surface area contributed by atoms with E-state index in [1.165, 1.54) is 25.1 Å². The SMILES string of the molecule is CCCC(O)(c1ccccc1C(=O)OC)C(F)(F)F. The van der Waals surface area contributed by atoms with Gasteiger partial charge in [-0.1, -0.05) is 31.5 Å². The number of carbonyl (C=O) groups excluding carboxylic acids is 1. The molecule has 0 spiro atoms. The molecule has 0 bridgehead atoms. The summed E-state index contributed by atoms with van der Waals surface area (Å²) in [6.07, 6.45) is -5.27. The van der Waals surface area contributed by atoms with Gasteiger partial charge in [0.05, 0.1) is 12.7 Å². The molecule has 0 heterocycles. The highest BCUT2D eigenvalue weighted by atomic mass is 19.4. The minimum absolute atomic E-state index is 0.117. The zero-order valence-corrected chi connectivity index (χ0v) is 10.6. The second-order valence-corrected chi connectivity index (χ2v) is 4.15. The Labute approximate surface area is 109 Å². The second kappa shape index (κ2) is 5.61. The van der Waals surface area contributed by atoms with Crippen molar-refractivity contribution in [3.05, 3.63) is 35.4 Å². The summed E-state index contributed by atoms with van der Waals surface area (Å²) in [5, 5.41) is 10.0. The van der Waals surface area contributed by atoms with Crippen molar-refractivity contribution in [1.82, 2.24) is 0 Å². The van der Waals surface area contributed by atoms with E-state index < -0.39 is 29.7 Å². The molecule has 3 nitrogen and oxygen atoms in total. The minimum Gasteiger partial charge on any atom is -0.465 e. The van der Waals surface area contributed by atoms with Crippen LogP contribution < -0.4 is 0 Å². The number of aliphatic hydroxyl groups is 1. The van der Waals surface area contributed by atoms with Crippen LogP contribution in [-0.2, 0) is 10.3 Å². The normalized spacial score (nSPS) is 14.8. The smallest absolute Gasteiger partial charge is 0.421 e. The highest BCUT2D eigenvalue weighted by Crippen LogP contribution is 2.43. The van der Waals surface area contributed by atoms with Gasteiger partial charge in [-0.25, -0.2) is 4.79 Å². The van der Waals surface area contributed by atoms with Crippen molar-refractivity contribution in [1.29, 1.82) is 0 Å². The summed E-state index contributed by atoms with van der Waals surface area (Å²) in [4.78, 5) is 11.5. The number of hydrogen-bond donors (Lipinski definition) is 1. The summed E-state index contributed by atoms with van der Waals surface area (Å²) in [5.74, 6) is -0.908. The van der Waals surface area contributed by atoms with Gasteiger partial charge in [-0.3, -0.25) is 0 Å². The van der Waals surface area contributed by atoms with Gasteiger partial charge >= 0.3 is 12.1 Å². The van der Waals surface area contributed by atoms with Gasteiger partial charge < -0.3 is 9.84 Å². The standard InChI is InChI=1S/C13H15F3O3/c1-3-8-12(18,13(14,15)16)10-7-5-4-6-9(10)11(17)19-2/h4-7,18H,3,8H2,1-2H3. The molecular formula is C13H15F3O3. The molecule has 0 aliphatic carbocycles. The maximum absolute atomic E-state index is 13.1. The van der Waals surface area contributed by atoms with Crippen LogP contribution in [0.2, 0.25) is 0 Å². The predicted octanol–water partition coefficient (Wildman–Crippen LogP) is 3.02. The quantitative estimate of drug-likeness (QED) is 0.860. The van der Waals surface area contributed by atoms with Crippen LogP contribution in [0.4, 0.5) is 13.2 Å². The van der Waals surface area contributed by atoms with Crippen molar-refractivity contribution in [2.24, 2.45) is 0 Å². The van der Waals surface area contributed by atoms with Crippen molar-refractivity contribution in [3.8, 4) is 0 Å². The predicted molar refractivity (Wildman–Crippen MR) is 62.6 cm³/mol. The molecule has 1 atom stereocenters. The minimum atomic E-state index is -4.87. The van der Waals surface area contributed by atoms with Crippen LogP contribution in [0.5, 0.6) is 0 Å². The van der Waals surface area contributed by atoms with Gasteiger partial charge in [0.1, 0.15) is 0 Å². The van der Waals surface area contributed by atoms with Crippen molar-refractivity contribution in [3.63, 3.8) is 0 Å². The molecule has 1 aromatic carbocycles. The number of hydrogen-bond acceptors (Lipinski definition) is 3. The summed E-state index contributed by atoms with van der Waals surface area (Å²) in [5.41, 5.74) is -3.80. The lowest BCUT2D eigenvalue weighted by atomic mass is 9.85. The first-order valence-electron chi connectivity index (χ1n) is 5.75. The molecule has 0 aliphatic heterocycles. The Morgan fingerprint density at radius 3 is 2.37 bits per heavy atom. The maximum Gasteiger partial charge on any atom is 0.421 e. The molecule has 0 saturated carbocycles. The Bertz CT molecular complexity index is 457. The van der Waals surface area contributed by atoms with Gasteiger partial charge in [0.2, 0.25) is 0 Å². The Hall–Kier alpha value is -1.56. The average molecular weight is 276 g/mol. The molecule has 0 saturated heterocycles. The molecule has 6 heteroatoms. The van der Waals surface area contributed by atoms with Gasteiger partial charge in [0, 0.05) is 5.56 Å². The summed E-state index contributed by atoms with van der Waals surface area (Å²) in [6, 6.07) is 5.05. The fraction of sp³-hybridized carbons (Fsp3) is 0.462. The van der Waals surface area contributed by atoms with E-state index in [-0.39, 0.29) is 12.0 Å². The third kappa shape index (κ3) is 2.89. The van der Waals surface area contributed by atoms with Crippen LogP contribution in [0, 0.1) is 0 Å². The van der Waals surface area contributed by atoms with Crippen molar-refractivity contribution in [2.45, 2.75) is 31.5 Å². The largest absolute Gasteiger partial charge is 0.465 e. The van der Waals surface area contributed by atoms with Gasteiger partial charge in [0.25, 0.3) is 0 Å². The first-order chi connectivity index (χ1) is 8.78. The molecular weight excluding hydrogens is 261 g/mol. The molecule has 1 N–H and O–H groups in total. The number of methoxy groups -OCH3 is 1. The van der Waals surface area contributed by atoms with E-state index in [1.54, 1.807) is 0 Å². The monoisotopic (exact) mass is 276 g/mol. The molecule has 0 aromatic heterocycles. The number of halogens is 3. The Balaban J connectivity index is 3.44. The van der Waals surface area contributed by atoms with Crippen molar-refractivity contribution in [2.75, 3.05) is 7.11 Å². The third-order valence-electron chi connectivity index (χ3n) is 2.86. The molecule has 1 rings (SSSR count). The molecule has 0 amide bonds. The molecule has 0 fully saturated rings. The molecule has 19 heavy (non-hydrogen) atoms. The summed E-state index contributed by atoms with van der Waals surface area (Å²) >= 11 is 0. The number of benzene rings is 1. The number of esters is 1. The first kappa shape index (κ1) is 15.5.